The van der Waals surface area contributed by atoms with Crippen LogP contribution in [0.3, 0.4) is 0 Å². The number of ether oxygens (including phenoxy) is 1. The van der Waals surface area contributed by atoms with Gasteiger partial charge in [-0.2, -0.15) is 0 Å². The summed E-state index contributed by atoms with van der Waals surface area (Å²) < 4.78 is 33.0. The standard InChI is InChI=1S/C16H21F2NO/c1-2-19-15(13-9-12-4-6-16(13)20-12)8-10-7-11(17)3-5-14(10)18/h3,5,7,12-13,15-16,19H,2,4,6,8-9H2,1H3. The van der Waals surface area contributed by atoms with E-state index in [1.807, 2.05) is 6.92 Å². The molecule has 2 fully saturated rings. The second-order valence-electron chi connectivity index (χ2n) is 5.88. The summed E-state index contributed by atoms with van der Waals surface area (Å²) in [5.41, 5.74) is 0.457. The molecule has 2 aliphatic heterocycles. The van der Waals surface area contributed by atoms with Crippen molar-refractivity contribution in [3.05, 3.63) is 35.4 Å². The molecule has 0 saturated carbocycles. The fourth-order valence-electron chi connectivity index (χ4n) is 3.67. The summed E-state index contributed by atoms with van der Waals surface area (Å²) in [4.78, 5) is 0. The van der Waals surface area contributed by atoms with Crippen LogP contribution in [0, 0.1) is 17.6 Å². The van der Waals surface area contributed by atoms with Crippen molar-refractivity contribution in [3.8, 4) is 0 Å². The van der Waals surface area contributed by atoms with E-state index in [0.717, 1.165) is 25.8 Å². The Labute approximate surface area is 118 Å². The van der Waals surface area contributed by atoms with E-state index in [-0.39, 0.29) is 17.7 Å². The molecule has 3 rings (SSSR count). The monoisotopic (exact) mass is 281 g/mol. The maximum absolute atomic E-state index is 13.8. The first kappa shape index (κ1) is 14.0. The van der Waals surface area contributed by atoms with Crippen molar-refractivity contribution in [2.24, 2.45) is 5.92 Å². The SMILES string of the molecule is CCNC(Cc1cc(F)ccc1F)C1CC2CCC1O2. The number of hydrogen-bond acceptors (Lipinski definition) is 2. The predicted molar refractivity (Wildman–Crippen MR) is 73.5 cm³/mol. The molecule has 0 aliphatic carbocycles. The minimum Gasteiger partial charge on any atom is -0.375 e. The fourth-order valence-corrected chi connectivity index (χ4v) is 3.67. The van der Waals surface area contributed by atoms with Crippen molar-refractivity contribution < 1.29 is 13.5 Å². The van der Waals surface area contributed by atoms with Crippen molar-refractivity contribution in [3.63, 3.8) is 0 Å². The van der Waals surface area contributed by atoms with E-state index in [2.05, 4.69) is 5.32 Å². The number of rotatable bonds is 5. The molecule has 20 heavy (non-hydrogen) atoms. The van der Waals surface area contributed by atoms with Gasteiger partial charge in [-0.3, -0.25) is 0 Å². The molecule has 2 nitrogen and oxygen atoms in total. The first-order chi connectivity index (χ1) is 9.67. The first-order valence-electron chi connectivity index (χ1n) is 7.50. The van der Waals surface area contributed by atoms with Crippen LogP contribution in [0.2, 0.25) is 0 Å². The lowest BCUT2D eigenvalue weighted by Gasteiger charge is -2.29. The van der Waals surface area contributed by atoms with Gasteiger partial charge in [0.05, 0.1) is 12.2 Å². The van der Waals surface area contributed by atoms with E-state index >= 15 is 0 Å². The molecule has 0 aromatic heterocycles. The number of hydrogen-bond donors (Lipinski definition) is 1. The zero-order valence-electron chi connectivity index (χ0n) is 11.7. The number of benzene rings is 1. The molecule has 0 radical (unpaired) electrons. The summed E-state index contributed by atoms with van der Waals surface area (Å²) >= 11 is 0. The van der Waals surface area contributed by atoms with Gasteiger partial charge in [0.2, 0.25) is 0 Å². The maximum Gasteiger partial charge on any atom is 0.126 e. The van der Waals surface area contributed by atoms with Crippen molar-refractivity contribution in [2.45, 2.75) is 50.9 Å². The molecule has 1 N–H and O–H groups in total. The van der Waals surface area contributed by atoms with Gasteiger partial charge in [0.25, 0.3) is 0 Å². The number of halogens is 2. The highest BCUT2D eigenvalue weighted by atomic mass is 19.1. The van der Waals surface area contributed by atoms with Gasteiger partial charge >= 0.3 is 0 Å². The Hall–Kier alpha value is -1.00. The van der Waals surface area contributed by atoms with Gasteiger partial charge in [-0.25, -0.2) is 8.78 Å². The number of nitrogens with one attached hydrogen (secondary N) is 1. The van der Waals surface area contributed by atoms with Gasteiger partial charge in [-0.1, -0.05) is 6.92 Å². The summed E-state index contributed by atoms with van der Waals surface area (Å²) in [6.07, 6.45) is 4.48. The molecule has 4 atom stereocenters. The number of fused-ring (bicyclic) bond motifs is 2. The summed E-state index contributed by atoms with van der Waals surface area (Å²) in [5.74, 6) is -0.282. The molecule has 2 bridgehead atoms. The highest BCUT2D eigenvalue weighted by Crippen LogP contribution is 2.41. The summed E-state index contributed by atoms with van der Waals surface area (Å²) in [6.45, 7) is 2.87. The zero-order chi connectivity index (χ0) is 14.1. The smallest absolute Gasteiger partial charge is 0.126 e. The van der Waals surface area contributed by atoms with E-state index in [4.69, 9.17) is 4.74 Å². The molecule has 2 aliphatic rings. The average Bonchev–Trinajstić information content (AvgIpc) is 3.05. The van der Waals surface area contributed by atoms with Crippen LogP contribution < -0.4 is 5.32 Å². The van der Waals surface area contributed by atoms with E-state index in [9.17, 15) is 8.78 Å². The van der Waals surface area contributed by atoms with Gasteiger partial charge in [-0.15, -0.1) is 0 Å². The van der Waals surface area contributed by atoms with Crippen LogP contribution >= 0.6 is 0 Å². The molecular formula is C16H21F2NO. The molecule has 4 unspecified atom stereocenters. The highest BCUT2D eigenvalue weighted by Gasteiger charge is 2.44. The van der Waals surface area contributed by atoms with Gasteiger partial charge < -0.3 is 10.1 Å². The van der Waals surface area contributed by atoms with Crippen LogP contribution in [-0.2, 0) is 11.2 Å². The Morgan fingerprint density at radius 2 is 2.20 bits per heavy atom. The van der Waals surface area contributed by atoms with Crippen molar-refractivity contribution in [1.29, 1.82) is 0 Å². The van der Waals surface area contributed by atoms with Crippen LogP contribution in [0.15, 0.2) is 18.2 Å². The lowest BCUT2D eigenvalue weighted by atomic mass is 9.81. The molecule has 1 aromatic rings. The topological polar surface area (TPSA) is 21.3 Å². The normalized spacial score (nSPS) is 29.9. The molecule has 110 valence electrons. The third-order valence-electron chi connectivity index (χ3n) is 4.58. The lowest BCUT2D eigenvalue weighted by molar-refractivity contribution is 0.0858. The van der Waals surface area contributed by atoms with Crippen LogP contribution in [0.5, 0.6) is 0 Å². The van der Waals surface area contributed by atoms with Crippen LogP contribution in [0.1, 0.15) is 31.7 Å². The fraction of sp³-hybridized carbons (Fsp3) is 0.625. The molecule has 0 spiro atoms. The minimum atomic E-state index is -0.374. The highest BCUT2D eigenvalue weighted by molar-refractivity contribution is 5.20. The van der Waals surface area contributed by atoms with E-state index in [1.165, 1.54) is 18.2 Å². The van der Waals surface area contributed by atoms with Crippen molar-refractivity contribution in [1.82, 2.24) is 5.32 Å². The van der Waals surface area contributed by atoms with Gasteiger partial charge in [-0.05, 0) is 56.0 Å². The van der Waals surface area contributed by atoms with E-state index in [1.54, 1.807) is 0 Å². The number of likely N-dealkylation sites (N-methyl/N-ethyl adjacent to an activating group) is 1. The molecule has 0 amide bonds. The van der Waals surface area contributed by atoms with Crippen molar-refractivity contribution >= 4 is 0 Å². The van der Waals surface area contributed by atoms with Gasteiger partial charge in [0.1, 0.15) is 11.6 Å². The predicted octanol–water partition coefficient (Wildman–Crippen LogP) is 3.05. The zero-order valence-corrected chi connectivity index (χ0v) is 11.7. The van der Waals surface area contributed by atoms with Crippen LogP contribution in [-0.4, -0.2) is 24.8 Å². The van der Waals surface area contributed by atoms with Gasteiger partial charge in [0.15, 0.2) is 0 Å². The van der Waals surface area contributed by atoms with Crippen molar-refractivity contribution in [2.75, 3.05) is 6.54 Å². The lowest BCUT2D eigenvalue weighted by Crippen LogP contribution is -2.42. The Morgan fingerprint density at radius 1 is 1.35 bits per heavy atom. The third kappa shape index (κ3) is 2.72. The Balaban J connectivity index is 1.75. The molecule has 1 aromatic carbocycles. The average molecular weight is 281 g/mol. The summed E-state index contributed by atoms with van der Waals surface area (Å²) in [5, 5.41) is 3.44. The maximum atomic E-state index is 13.8. The molecule has 2 heterocycles. The summed E-state index contributed by atoms with van der Waals surface area (Å²) in [6, 6.07) is 3.85. The molecular weight excluding hydrogens is 260 g/mol. The molecule has 2 saturated heterocycles. The van der Waals surface area contributed by atoms with E-state index in [0.29, 0.717) is 30.1 Å². The van der Waals surface area contributed by atoms with Crippen LogP contribution in [0.4, 0.5) is 8.78 Å². The Kier molecular flexibility index (Phi) is 4.03. The third-order valence-corrected chi connectivity index (χ3v) is 4.58. The Bertz CT molecular complexity index is 480. The van der Waals surface area contributed by atoms with Gasteiger partial charge in [0, 0.05) is 12.0 Å². The summed E-state index contributed by atoms with van der Waals surface area (Å²) in [7, 11) is 0. The Morgan fingerprint density at radius 3 is 2.85 bits per heavy atom. The first-order valence-corrected chi connectivity index (χ1v) is 7.50. The second kappa shape index (κ2) is 5.78. The quantitative estimate of drug-likeness (QED) is 0.895. The minimum absolute atomic E-state index is 0.159. The van der Waals surface area contributed by atoms with Crippen LogP contribution in [0.25, 0.3) is 0 Å². The largest absolute Gasteiger partial charge is 0.375 e. The van der Waals surface area contributed by atoms with E-state index < -0.39 is 0 Å². The second-order valence-corrected chi connectivity index (χ2v) is 5.88. The molecule has 4 heteroatoms.